The molecule has 0 bridgehead atoms. The normalized spacial score (nSPS) is 11.3. The van der Waals surface area contributed by atoms with E-state index < -0.39 is 15.9 Å². The number of rotatable bonds is 4. The Labute approximate surface area is 144 Å². The van der Waals surface area contributed by atoms with E-state index in [-0.39, 0.29) is 15.5 Å². The van der Waals surface area contributed by atoms with Gasteiger partial charge in [0.15, 0.2) is 0 Å². The fourth-order valence-electron chi connectivity index (χ4n) is 1.95. The number of benzene rings is 2. The number of amides is 1. The van der Waals surface area contributed by atoms with Gasteiger partial charge >= 0.3 is 0 Å². The zero-order valence-corrected chi connectivity index (χ0v) is 14.7. The molecule has 23 heavy (non-hydrogen) atoms. The number of carbonyl (C=O) groups is 1. The minimum atomic E-state index is -3.61. The fraction of sp³-hybridized carbons (Fsp3) is 0.133. The lowest BCUT2D eigenvalue weighted by Gasteiger charge is -2.11. The van der Waals surface area contributed by atoms with Gasteiger partial charge in [-0.25, -0.2) is 13.1 Å². The minimum Gasteiger partial charge on any atom is -0.322 e. The van der Waals surface area contributed by atoms with E-state index >= 15 is 0 Å². The van der Waals surface area contributed by atoms with Crippen molar-refractivity contribution in [1.82, 2.24) is 4.72 Å². The molecule has 0 aliphatic carbocycles. The summed E-state index contributed by atoms with van der Waals surface area (Å²) >= 11 is 11.8. The number of hydrogen-bond donors (Lipinski definition) is 2. The molecule has 0 saturated heterocycles. The van der Waals surface area contributed by atoms with Gasteiger partial charge in [0, 0.05) is 10.7 Å². The van der Waals surface area contributed by atoms with Gasteiger partial charge in [-0.1, -0.05) is 29.3 Å². The summed E-state index contributed by atoms with van der Waals surface area (Å²) in [4.78, 5) is 12.4. The van der Waals surface area contributed by atoms with Crippen molar-refractivity contribution in [1.29, 1.82) is 0 Å². The molecule has 2 aromatic rings. The lowest BCUT2D eigenvalue weighted by Crippen LogP contribution is -2.20. The molecule has 0 heterocycles. The van der Waals surface area contributed by atoms with E-state index in [4.69, 9.17) is 23.2 Å². The summed E-state index contributed by atoms with van der Waals surface area (Å²) in [5.74, 6) is -0.455. The summed E-state index contributed by atoms with van der Waals surface area (Å²) in [6, 6.07) is 9.13. The van der Waals surface area contributed by atoms with E-state index in [1.54, 1.807) is 25.1 Å². The van der Waals surface area contributed by atoms with Gasteiger partial charge in [-0.15, -0.1) is 0 Å². The molecule has 0 spiro atoms. The number of nitrogens with one attached hydrogen (secondary N) is 2. The predicted molar refractivity (Wildman–Crippen MR) is 91.8 cm³/mol. The molecule has 0 aromatic heterocycles. The van der Waals surface area contributed by atoms with Crippen molar-refractivity contribution in [2.45, 2.75) is 11.8 Å². The van der Waals surface area contributed by atoms with Crippen molar-refractivity contribution in [3.05, 3.63) is 57.6 Å². The van der Waals surface area contributed by atoms with E-state index in [0.29, 0.717) is 16.3 Å². The molecule has 1 amide bonds. The van der Waals surface area contributed by atoms with E-state index in [1.165, 1.54) is 25.2 Å². The molecule has 0 fully saturated rings. The van der Waals surface area contributed by atoms with Crippen LogP contribution in [0, 0.1) is 6.92 Å². The van der Waals surface area contributed by atoms with Crippen LogP contribution < -0.4 is 10.0 Å². The van der Waals surface area contributed by atoms with Gasteiger partial charge in [0.2, 0.25) is 10.0 Å². The van der Waals surface area contributed by atoms with Crippen molar-refractivity contribution in [2.24, 2.45) is 0 Å². The molecule has 0 aliphatic rings. The third kappa shape index (κ3) is 4.03. The number of hydrogen-bond acceptors (Lipinski definition) is 3. The highest BCUT2D eigenvalue weighted by Crippen LogP contribution is 2.24. The first-order valence-corrected chi connectivity index (χ1v) is 8.79. The van der Waals surface area contributed by atoms with Crippen LogP contribution in [0.25, 0.3) is 0 Å². The van der Waals surface area contributed by atoms with E-state index in [1.807, 2.05) is 0 Å². The highest BCUT2D eigenvalue weighted by Gasteiger charge is 2.17. The van der Waals surface area contributed by atoms with Crippen LogP contribution in [0.2, 0.25) is 10.0 Å². The summed E-state index contributed by atoms with van der Waals surface area (Å²) in [5.41, 5.74) is 1.16. The van der Waals surface area contributed by atoms with Crippen LogP contribution in [0.1, 0.15) is 15.9 Å². The second-order valence-electron chi connectivity index (χ2n) is 4.77. The first-order chi connectivity index (χ1) is 10.7. The third-order valence-electron chi connectivity index (χ3n) is 3.18. The Morgan fingerprint density at radius 2 is 1.78 bits per heavy atom. The number of halogens is 2. The van der Waals surface area contributed by atoms with Crippen LogP contribution in [-0.2, 0) is 10.0 Å². The van der Waals surface area contributed by atoms with Crippen LogP contribution >= 0.6 is 23.2 Å². The standard InChI is InChI=1S/C15H14Cl2N2O3S/c1-9-3-5-11(8-14(9)23(21,22)18-2)19-15(20)12-6-4-10(16)7-13(12)17/h3-8,18H,1-2H3,(H,19,20). The second-order valence-corrected chi connectivity index (χ2v) is 7.46. The molecular formula is C15H14Cl2N2O3S. The molecule has 0 radical (unpaired) electrons. The monoisotopic (exact) mass is 372 g/mol. The first-order valence-electron chi connectivity index (χ1n) is 6.55. The average molecular weight is 373 g/mol. The van der Waals surface area contributed by atoms with E-state index in [2.05, 4.69) is 10.0 Å². The third-order valence-corrected chi connectivity index (χ3v) is 5.28. The Morgan fingerprint density at radius 1 is 1.09 bits per heavy atom. The fourth-order valence-corrected chi connectivity index (χ4v) is 3.44. The van der Waals surface area contributed by atoms with Gasteiger partial charge in [0.1, 0.15) is 0 Å². The topological polar surface area (TPSA) is 75.3 Å². The molecule has 0 aliphatic heterocycles. The highest BCUT2D eigenvalue weighted by molar-refractivity contribution is 7.89. The van der Waals surface area contributed by atoms with Crippen molar-refractivity contribution in [3.63, 3.8) is 0 Å². The van der Waals surface area contributed by atoms with Crippen LogP contribution in [-0.4, -0.2) is 21.4 Å². The summed E-state index contributed by atoms with van der Waals surface area (Å²) in [6.45, 7) is 1.67. The maximum atomic E-state index is 12.3. The summed E-state index contributed by atoms with van der Waals surface area (Å²) in [5, 5.41) is 3.26. The molecule has 5 nitrogen and oxygen atoms in total. The summed E-state index contributed by atoms with van der Waals surface area (Å²) < 4.78 is 26.2. The number of aryl methyl sites for hydroxylation is 1. The zero-order chi connectivity index (χ0) is 17.2. The first kappa shape index (κ1) is 17.7. The molecule has 0 atom stereocenters. The molecule has 2 aromatic carbocycles. The SMILES string of the molecule is CNS(=O)(=O)c1cc(NC(=O)c2ccc(Cl)cc2Cl)ccc1C. The van der Waals surface area contributed by atoms with Crippen LogP contribution in [0.4, 0.5) is 5.69 Å². The molecule has 0 unspecified atom stereocenters. The average Bonchev–Trinajstić information content (AvgIpc) is 2.48. The quantitative estimate of drug-likeness (QED) is 0.862. The van der Waals surface area contributed by atoms with Gasteiger partial charge < -0.3 is 5.32 Å². The van der Waals surface area contributed by atoms with Crippen molar-refractivity contribution in [2.75, 3.05) is 12.4 Å². The maximum Gasteiger partial charge on any atom is 0.257 e. The molecule has 2 N–H and O–H groups in total. The van der Waals surface area contributed by atoms with Gasteiger partial charge in [-0.2, -0.15) is 0 Å². The zero-order valence-electron chi connectivity index (χ0n) is 12.4. The van der Waals surface area contributed by atoms with Gasteiger partial charge in [0.05, 0.1) is 15.5 Å². The minimum absolute atomic E-state index is 0.0972. The summed E-state index contributed by atoms with van der Waals surface area (Å²) in [6.07, 6.45) is 0. The molecule has 2 rings (SSSR count). The van der Waals surface area contributed by atoms with E-state index in [9.17, 15) is 13.2 Å². The Balaban J connectivity index is 2.34. The van der Waals surface area contributed by atoms with Crippen molar-refractivity contribution < 1.29 is 13.2 Å². The Morgan fingerprint density at radius 3 is 2.39 bits per heavy atom. The highest BCUT2D eigenvalue weighted by atomic mass is 35.5. The van der Waals surface area contributed by atoms with Crippen molar-refractivity contribution in [3.8, 4) is 0 Å². The van der Waals surface area contributed by atoms with Gasteiger partial charge in [-0.3, -0.25) is 4.79 Å². The van der Waals surface area contributed by atoms with Crippen molar-refractivity contribution >= 4 is 44.8 Å². The molecule has 122 valence electrons. The molecule has 8 heteroatoms. The lowest BCUT2D eigenvalue weighted by molar-refractivity contribution is 0.102. The van der Waals surface area contributed by atoms with Crippen LogP contribution in [0.3, 0.4) is 0 Å². The van der Waals surface area contributed by atoms with E-state index in [0.717, 1.165) is 0 Å². The summed E-state index contributed by atoms with van der Waals surface area (Å²) in [7, 11) is -2.28. The number of sulfonamides is 1. The number of carbonyl (C=O) groups excluding carboxylic acids is 1. The Hall–Kier alpha value is -1.60. The Kier molecular flexibility index (Phi) is 5.31. The predicted octanol–water partition coefficient (Wildman–Crippen LogP) is 3.46. The molecular weight excluding hydrogens is 359 g/mol. The maximum absolute atomic E-state index is 12.3. The Bertz CT molecular complexity index is 867. The number of anilines is 1. The van der Waals surface area contributed by atoms with Crippen LogP contribution in [0.15, 0.2) is 41.3 Å². The lowest BCUT2D eigenvalue weighted by atomic mass is 10.2. The molecule has 0 saturated carbocycles. The smallest absolute Gasteiger partial charge is 0.257 e. The van der Waals surface area contributed by atoms with Crippen LogP contribution in [0.5, 0.6) is 0 Å². The van der Waals surface area contributed by atoms with Gasteiger partial charge in [0.25, 0.3) is 5.91 Å². The largest absolute Gasteiger partial charge is 0.322 e. The second kappa shape index (κ2) is 6.88. The van der Waals surface area contributed by atoms with Gasteiger partial charge in [-0.05, 0) is 49.9 Å².